The third-order valence-corrected chi connectivity index (χ3v) is 5.90. The van der Waals surface area contributed by atoms with Gasteiger partial charge in [-0.05, 0) is 54.5 Å². The predicted molar refractivity (Wildman–Crippen MR) is 111 cm³/mol. The smallest absolute Gasteiger partial charge is 0.168 e. The van der Waals surface area contributed by atoms with Gasteiger partial charge in [-0.15, -0.1) is 0 Å². The second-order valence-corrected chi connectivity index (χ2v) is 7.92. The molecule has 138 valence electrons. The second kappa shape index (κ2) is 7.61. The van der Waals surface area contributed by atoms with Gasteiger partial charge in [0.15, 0.2) is 5.78 Å². The van der Waals surface area contributed by atoms with Gasteiger partial charge in [-0.1, -0.05) is 36.8 Å². The van der Waals surface area contributed by atoms with Crippen molar-refractivity contribution in [1.82, 2.24) is 10.3 Å². The van der Waals surface area contributed by atoms with Crippen LogP contribution in [0.4, 0.5) is 5.69 Å². The molecule has 2 aromatic rings. The number of para-hydroxylation sites is 1. The van der Waals surface area contributed by atoms with E-state index in [9.17, 15) is 4.79 Å². The van der Waals surface area contributed by atoms with Crippen molar-refractivity contribution < 1.29 is 4.79 Å². The summed E-state index contributed by atoms with van der Waals surface area (Å²) < 4.78 is 0. The SMILES string of the molecule is O=C1CC2(CCC2)CC(NCc2ccncc2)=C1C(=S)Nc1ccccc1. The highest BCUT2D eigenvalue weighted by atomic mass is 32.1. The van der Waals surface area contributed by atoms with Crippen LogP contribution in [0.2, 0.25) is 0 Å². The Balaban J connectivity index is 1.59. The fourth-order valence-electron chi connectivity index (χ4n) is 3.99. The number of aromatic nitrogens is 1. The lowest BCUT2D eigenvalue weighted by atomic mass is 9.60. The molecular weight excluding hydrogens is 354 g/mol. The molecule has 1 fully saturated rings. The molecule has 1 saturated carbocycles. The summed E-state index contributed by atoms with van der Waals surface area (Å²) >= 11 is 5.63. The number of allylic oxidation sites excluding steroid dienone is 1. The summed E-state index contributed by atoms with van der Waals surface area (Å²) in [5, 5.41) is 6.75. The first-order valence-corrected chi connectivity index (χ1v) is 9.82. The molecule has 0 saturated heterocycles. The van der Waals surface area contributed by atoms with E-state index in [-0.39, 0.29) is 11.2 Å². The van der Waals surface area contributed by atoms with Crippen molar-refractivity contribution in [3.8, 4) is 0 Å². The van der Waals surface area contributed by atoms with Gasteiger partial charge in [-0.3, -0.25) is 9.78 Å². The topological polar surface area (TPSA) is 54.0 Å². The minimum atomic E-state index is 0.142. The van der Waals surface area contributed by atoms with Crippen molar-refractivity contribution in [2.24, 2.45) is 5.41 Å². The van der Waals surface area contributed by atoms with E-state index >= 15 is 0 Å². The number of nitrogens with one attached hydrogen (secondary N) is 2. The van der Waals surface area contributed by atoms with Gasteiger partial charge in [0, 0.05) is 36.7 Å². The number of benzene rings is 1. The Kier molecular flexibility index (Phi) is 5.03. The van der Waals surface area contributed by atoms with Gasteiger partial charge in [0.05, 0.1) is 5.57 Å². The molecule has 1 aromatic carbocycles. The van der Waals surface area contributed by atoms with Crippen molar-refractivity contribution in [3.63, 3.8) is 0 Å². The summed E-state index contributed by atoms with van der Waals surface area (Å²) in [6, 6.07) is 13.7. The summed E-state index contributed by atoms with van der Waals surface area (Å²) in [6.07, 6.45) is 8.56. The van der Waals surface area contributed by atoms with Gasteiger partial charge in [-0.25, -0.2) is 0 Å². The molecule has 0 atom stereocenters. The summed E-state index contributed by atoms with van der Waals surface area (Å²) in [7, 11) is 0. The molecule has 27 heavy (non-hydrogen) atoms. The van der Waals surface area contributed by atoms with Crippen molar-refractivity contribution in [1.29, 1.82) is 0 Å². The van der Waals surface area contributed by atoms with E-state index in [2.05, 4.69) is 15.6 Å². The van der Waals surface area contributed by atoms with Crippen molar-refractivity contribution in [3.05, 3.63) is 71.7 Å². The fourth-order valence-corrected chi connectivity index (χ4v) is 4.35. The van der Waals surface area contributed by atoms with Gasteiger partial charge < -0.3 is 10.6 Å². The molecule has 4 nitrogen and oxygen atoms in total. The first-order chi connectivity index (χ1) is 13.2. The highest BCUT2D eigenvalue weighted by molar-refractivity contribution is 7.81. The van der Waals surface area contributed by atoms with Gasteiger partial charge in [0.2, 0.25) is 0 Å². The highest BCUT2D eigenvalue weighted by Gasteiger charge is 2.44. The van der Waals surface area contributed by atoms with Crippen LogP contribution in [-0.4, -0.2) is 15.8 Å². The Hall–Kier alpha value is -2.53. The normalized spacial score (nSPS) is 18.1. The van der Waals surface area contributed by atoms with E-state index in [1.807, 2.05) is 42.5 Å². The maximum absolute atomic E-state index is 13.0. The number of hydrogen-bond acceptors (Lipinski definition) is 4. The van der Waals surface area contributed by atoms with Crippen molar-refractivity contribution >= 4 is 28.7 Å². The van der Waals surface area contributed by atoms with Crippen LogP contribution >= 0.6 is 12.2 Å². The molecule has 0 bridgehead atoms. The molecule has 0 radical (unpaired) electrons. The Morgan fingerprint density at radius 1 is 1.07 bits per heavy atom. The molecule has 2 aliphatic carbocycles. The Bertz CT molecular complexity index is 873. The quantitative estimate of drug-likeness (QED) is 0.757. The van der Waals surface area contributed by atoms with E-state index in [0.717, 1.165) is 36.2 Å². The predicted octanol–water partition coefficient (Wildman–Crippen LogP) is 4.40. The molecular formula is C22H23N3OS. The first-order valence-electron chi connectivity index (χ1n) is 9.41. The number of pyridine rings is 1. The maximum atomic E-state index is 13.0. The van der Waals surface area contributed by atoms with E-state index in [4.69, 9.17) is 12.2 Å². The summed E-state index contributed by atoms with van der Waals surface area (Å²) in [6.45, 7) is 0.665. The molecule has 2 aliphatic rings. The molecule has 4 rings (SSSR count). The lowest BCUT2D eigenvalue weighted by Crippen LogP contribution is -2.41. The molecule has 5 heteroatoms. The Morgan fingerprint density at radius 2 is 1.81 bits per heavy atom. The number of rotatable bonds is 5. The zero-order valence-corrected chi connectivity index (χ0v) is 16.0. The maximum Gasteiger partial charge on any atom is 0.168 e. The number of carbonyl (C=O) groups excluding carboxylic acids is 1. The second-order valence-electron chi connectivity index (χ2n) is 7.51. The first kappa shape index (κ1) is 17.9. The van der Waals surface area contributed by atoms with Crippen LogP contribution in [-0.2, 0) is 11.3 Å². The zero-order valence-electron chi connectivity index (χ0n) is 15.2. The molecule has 0 amide bonds. The summed E-state index contributed by atoms with van der Waals surface area (Å²) in [5.41, 5.74) is 3.82. The van der Waals surface area contributed by atoms with E-state index in [0.29, 0.717) is 23.5 Å². The number of hydrogen-bond donors (Lipinski definition) is 2. The Labute approximate surface area is 165 Å². The highest BCUT2D eigenvalue weighted by Crippen LogP contribution is 2.51. The van der Waals surface area contributed by atoms with Crippen LogP contribution in [0, 0.1) is 5.41 Å². The third-order valence-electron chi connectivity index (χ3n) is 5.60. The molecule has 2 N–H and O–H groups in total. The largest absolute Gasteiger partial charge is 0.384 e. The summed E-state index contributed by atoms with van der Waals surface area (Å²) in [5.74, 6) is 0.159. The monoisotopic (exact) mass is 377 g/mol. The fraction of sp³-hybridized carbons (Fsp3) is 0.318. The number of Topliss-reactive ketones (excluding diaryl/α,β-unsaturated/α-hetero) is 1. The molecule has 1 aromatic heterocycles. The van der Waals surface area contributed by atoms with Gasteiger partial charge in [-0.2, -0.15) is 0 Å². The minimum Gasteiger partial charge on any atom is -0.384 e. The minimum absolute atomic E-state index is 0.142. The lowest BCUT2D eigenvalue weighted by molar-refractivity contribution is -0.119. The number of thiocarbonyl (C=S) groups is 1. The van der Waals surface area contributed by atoms with Gasteiger partial charge >= 0.3 is 0 Å². The lowest BCUT2D eigenvalue weighted by Gasteiger charge is -2.45. The van der Waals surface area contributed by atoms with E-state index in [1.54, 1.807) is 12.4 Å². The number of ketones is 1. The van der Waals surface area contributed by atoms with Gasteiger partial charge in [0.1, 0.15) is 4.99 Å². The molecule has 1 spiro atoms. The van der Waals surface area contributed by atoms with Crippen LogP contribution in [0.15, 0.2) is 66.1 Å². The molecule has 1 heterocycles. The summed E-state index contributed by atoms with van der Waals surface area (Å²) in [4.78, 5) is 17.6. The number of nitrogens with zero attached hydrogens (tertiary/aromatic N) is 1. The number of carbonyl (C=O) groups is 1. The van der Waals surface area contributed by atoms with Crippen LogP contribution < -0.4 is 10.6 Å². The van der Waals surface area contributed by atoms with Crippen molar-refractivity contribution in [2.45, 2.75) is 38.6 Å². The van der Waals surface area contributed by atoms with Crippen molar-refractivity contribution in [2.75, 3.05) is 5.32 Å². The third kappa shape index (κ3) is 3.93. The standard InChI is InChI=1S/C22H23N3OS/c26-19-14-22(9-4-10-22)13-18(24-15-16-7-11-23-12-8-16)20(19)21(27)25-17-5-2-1-3-6-17/h1-3,5-8,11-12,24H,4,9-10,13-15H2,(H,25,27). The molecule has 0 aliphatic heterocycles. The van der Waals surface area contributed by atoms with E-state index in [1.165, 1.54) is 6.42 Å². The molecule has 0 unspecified atom stereocenters. The van der Waals surface area contributed by atoms with Gasteiger partial charge in [0.25, 0.3) is 0 Å². The van der Waals surface area contributed by atoms with Crippen LogP contribution in [0.25, 0.3) is 0 Å². The average molecular weight is 378 g/mol. The van der Waals surface area contributed by atoms with Crippen LogP contribution in [0.5, 0.6) is 0 Å². The zero-order chi connectivity index (χ0) is 18.7. The van der Waals surface area contributed by atoms with Crippen LogP contribution in [0.1, 0.15) is 37.7 Å². The van der Waals surface area contributed by atoms with Crippen LogP contribution in [0.3, 0.4) is 0 Å². The van der Waals surface area contributed by atoms with E-state index < -0.39 is 0 Å². The number of anilines is 1. The Morgan fingerprint density at radius 3 is 2.48 bits per heavy atom. The average Bonchev–Trinajstić information content (AvgIpc) is 2.66.